The molecule has 0 aliphatic heterocycles. The van der Waals surface area contributed by atoms with E-state index in [1.54, 1.807) is 24.3 Å². The molecule has 0 atom stereocenters. The summed E-state index contributed by atoms with van der Waals surface area (Å²) in [6.45, 7) is 0. The molecule has 0 aromatic heterocycles. The second kappa shape index (κ2) is 5.79. The van der Waals surface area contributed by atoms with Gasteiger partial charge >= 0.3 is 0 Å². The summed E-state index contributed by atoms with van der Waals surface area (Å²) in [6.07, 6.45) is 0. The maximum Gasteiger partial charge on any atom is 0.256 e. The fraction of sp³-hybridized carbons (Fsp3) is 0. The van der Waals surface area contributed by atoms with Crippen molar-refractivity contribution in [3.63, 3.8) is 0 Å². The number of benzene rings is 2. The van der Waals surface area contributed by atoms with Crippen LogP contribution in [0.2, 0.25) is 0 Å². The molecule has 0 aliphatic carbocycles. The van der Waals surface area contributed by atoms with Crippen molar-refractivity contribution in [3.8, 4) is 0 Å². The van der Waals surface area contributed by atoms with E-state index >= 15 is 0 Å². The van der Waals surface area contributed by atoms with Crippen LogP contribution in [-0.4, -0.2) is 5.91 Å². The molecule has 0 radical (unpaired) electrons. The van der Waals surface area contributed by atoms with Crippen molar-refractivity contribution in [1.29, 1.82) is 0 Å². The Bertz CT molecular complexity index is 603. The van der Waals surface area contributed by atoms with E-state index in [1.165, 1.54) is 12.1 Å². The highest BCUT2D eigenvalue weighted by atomic mass is 127. The van der Waals surface area contributed by atoms with Crippen LogP contribution in [0.5, 0.6) is 0 Å². The lowest BCUT2D eigenvalue weighted by molar-refractivity contribution is 0.102. The summed E-state index contributed by atoms with van der Waals surface area (Å²) in [4.78, 5) is 12.0. The van der Waals surface area contributed by atoms with E-state index in [1.807, 2.05) is 28.7 Å². The molecule has 2 rings (SSSR count). The van der Waals surface area contributed by atoms with Gasteiger partial charge in [-0.1, -0.05) is 12.1 Å². The average Bonchev–Trinajstić information content (AvgIpc) is 2.33. The van der Waals surface area contributed by atoms with Gasteiger partial charge in [0.25, 0.3) is 5.91 Å². The second-order valence-electron chi connectivity index (χ2n) is 3.56. The maximum atomic E-state index is 12.9. The Kier molecular flexibility index (Phi) is 4.34. The molecule has 0 saturated carbocycles. The highest BCUT2D eigenvalue weighted by Crippen LogP contribution is 2.22. The van der Waals surface area contributed by atoms with Crippen LogP contribution >= 0.6 is 38.5 Å². The molecule has 0 aliphatic rings. The topological polar surface area (TPSA) is 29.1 Å². The lowest BCUT2D eigenvalue weighted by Gasteiger charge is -2.08. The summed E-state index contributed by atoms with van der Waals surface area (Å²) >= 11 is 5.30. The number of carbonyl (C=O) groups is 1. The number of hydrogen-bond acceptors (Lipinski definition) is 1. The molecule has 0 fully saturated rings. The van der Waals surface area contributed by atoms with Gasteiger partial charge in [0.1, 0.15) is 5.82 Å². The smallest absolute Gasteiger partial charge is 0.256 e. The lowest BCUT2D eigenvalue weighted by atomic mass is 10.2. The zero-order valence-corrected chi connectivity index (χ0v) is 12.8. The Morgan fingerprint density at radius 3 is 2.61 bits per heavy atom. The third kappa shape index (κ3) is 3.08. The van der Waals surface area contributed by atoms with Crippen LogP contribution < -0.4 is 5.32 Å². The van der Waals surface area contributed by atoms with Crippen LogP contribution in [0, 0.1) is 9.39 Å². The molecule has 0 bridgehead atoms. The largest absolute Gasteiger partial charge is 0.321 e. The molecular formula is C13H8BrFINO. The maximum absolute atomic E-state index is 12.9. The van der Waals surface area contributed by atoms with Gasteiger partial charge in [0.15, 0.2) is 0 Å². The van der Waals surface area contributed by atoms with Crippen molar-refractivity contribution in [3.05, 3.63) is 61.9 Å². The molecule has 0 saturated heterocycles. The van der Waals surface area contributed by atoms with Crippen molar-refractivity contribution in [2.75, 3.05) is 5.32 Å². The van der Waals surface area contributed by atoms with Crippen LogP contribution in [0.4, 0.5) is 10.1 Å². The van der Waals surface area contributed by atoms with Crippen LogP contribution in [0.3, 0.4) is 0 Å². The van der Waals surface area contributed by atoms with Gasteiger partial charge in [0.2, 0.25) is 0 Å². The summed E-state index contributed by atoms with van der Waals surface area (Å²) in [7, 11) is 0. The predicted molar refractivity (Wildman–Crippen MR) is 81.2 cm³/mol. The fourth-order valence-electron chi connectivity index (χ4n) is 1.43. The normalized spacial score (nSPS) is 10.2. The van der Waals surface area contributed by atoms with Gasteiger partial charge in [-0.2, -0.15) is 0 Å². The zero-order chi connectivity index (χ0) is 13.1. The number of hydrogen-bond donors (Lipinski definition) is 1. The van der Waals surface area contributed by atoms with E-state index in [0.717, 1.165) is 4.47 Å². The van der Waals surface area contributed by atoms with Gasteiger partial charge in [0, 0.05) is 8.04 Å². The van der Waals surface area contributed by atoms with Gasteiger partial charge in [-0.3, -0.25) is 4.79 Å². The molecule has 5 heteroatoms. The Labute approximate surface area is 126 Å². The third-order valence-electron chi connectivity index (χ3n) is 2.30. The first-order valence-corrected chi connectivity index (χ1v) is 6.96. The van der Waals surface area contributed by atoms with Crippen molar-refractivity contribution >= 4 is 50.1 Å². The standard InChI is InChI=1S/C13H8BrFINO/c14-10-4-2-1-3-9(10)13(18)17-12-6-5-8(15)7-11(12)16/h1-7H,(H,17,18). The van der Waals surface area contributed by atoms with Crippen LogP contribution in [0.1, 0.15) is 10.4 Å². The second-order valence-corrected chi connectivity index (χ2v) is 5.57. The fourth-order valence-corrected chi connectivity index (χ4v) is 2.50. The van der Waals surface area contributed by atoms with Crippen LogP contribution in [0.15, 0.2) is 46.9 Å². The number of anilines is 1. The Hall–Kier alpha value is -0.950. The summed E-state index contributed by atoms with van der Waals surface area (Å²) in [5.41, 5.74) is 1.13. The van der Waals surface area contributed by atoms with E-state index in [0.29, 0.717) is 14.8 Å². The molecular weight excluding hydrogens is 412 g/mol. The number of halogens is 3. The van der Waals surface area contributed by atoms with Crippen LogP contribution in [0.25, 0.3) is 0 Å². The summed E-state index contributed by atoms with van der Waals surface area (Å²) in [5.74, 6) is -0.551. The Morgan fingerprint density at radius 2 is 1.94 bits per heavy atom. The van der Waals surface area contributed by atoms with E-state index in [4.69, 9.17) is 0 Å². The number of amides is 1. The molecule has 0 heterocycles. The Balaban J connectivity index is 2.24. The van der Waals surface area contributed by atoms with E-state index in [-0.39, 0.29) is 11.7 Å². The first-order valence-electron chi connectivity index (χ1n) is 5.09. The predicted octanol–water partition coefficient (Wildman–Crippen LogP) is 4.45. The molecule has 18 heavy (non-hydrogen) atoms. The highest BCUT2D eigenvalue weighted by Gasteiger charge is 2.11. The van der Waals surface area contributed by atoms with Gasteiger partial charge in [-0.25, -0.2) is 4.39 Å². The average molecular weight is 420 g/mol. The van der Waals surface area contributed by atoms with Crippen molar-refractivity contribution in [2.45, 2.75) is 0 Å². The molecule has 1 amide bonds. The minimum Gasteiger partial charge on any atom is -0.321 e. The van der Waals surface area contributed by atoms with Gasteiger partial charge in [-0.15, -0.1) is 0 Å². The number of nitrogens with one attached hydrogen (secondary N) is 1. The minimum absolute atomic E-state index is 0.230. The van der Waals surface area contributed by atoms with E-state index in [9.17, 15) is 9.18 Å². The third-order valence-corrected chi connectivity index (χ3v) is 3.88. The van der Waals surface area contributed by atoms with Gasteiger partial charge < -0.3 is 5.32 Å². The van der Waals surface area contributed by atoms with Crippen molar-refractivity contribution in [1.82, 2.24) is 0 Å². The molecule has 2 aromatic rings. The Morgan fingerprint density at radius 1 is 1.22 bits per heavy atom. The number of carbonyl (C=O) groups excluding carboxylic acids is 1. The molecule has 1 N–H and O–H groups in total. The highest BCUT2D eigenvalue weighted by molar-refractivity contribution is 14.1. The van der Waals surface area contributed by atoms with E-state index in [2.05, 4.69) is 21.2 Å². The lowest BCUT2D eigenvalue weighted by Crippen LogP contribution is -2.13. The summed E-state index contributed by atoms with van der Waals surface area (Å²) in [5, 5.41) is 2.75. The molecule has 2 nitrogen and oxygen atoms in total. The minimum atomic E-state index is -0.321. The van der Waals surface area contributed by atoms with Crippen LogP contribution in [-0.2, 0) is 0 Å². The van der Waals surface area contributed by atoms with Gasteiger partial charge in [-0.05, 0) is 68.9 Å². The molecule has 0 unspecified atom stereocenters. The first kappa shape index (κ1) is 13.5. The first-order chi connectivity index (χ1) is 8.58. The molecule has 0 spiro atoms. The molecule has 2 aromatic carbocycles. The van der Waals surface area contributed by atoms with Crippen molar-refractivity contribution in [2.24, 2.45) is 0 Å². The number of rotatable bonds is 2. The summed E-state index contributed by atoms with van der Waals surface area (Å²) in [6, 6.07) is 11.4. The zero-order valence-electron chi connectivity index (χ0n) is 9.08. The monoisotopic (exact) mass is 419 g/mol. The van der Waals surface area contributed by atoms with Crippen molar-refractivity contribution < 1.29 is 9.18 Å². The molecule has 92 valence electrons. The van der Waals surface area contributed by atoms with E-state index < -0.39 is 0 Å². The SMILES string of the molecule is O=C(Nc1ccc(F)cc1I)c1ccccc1Br. The quantitative estimate of drug-likeness (QED) is 0.716. The summed E-state index contributed by atoms with van der Waals surface area (Å²) < 4.78 is 14.3. The van der Waals surface area contributed by atoms with Gasteiger partial charge in [0.05, 0.1) is 11.3 Å².